The van der Waals surface area contributed by atoms with Crippen LogP contribution in [-0.2, 0) is 6.54 Å². The molecule has 0 spiro atoms. The minimum Gasteiger partial charge on any atom is -0.493 e. The Morgan fingerprint density at radius 2 is 2.27 bits per heavy atom. The zero-order valence-corrected chi connectivity index (χ0v) is 10.2. The standard InChI is InChI=1S/C11H14BrNO2/c1-3-4-15-11-9(12)5-8(7-13)6-10(11)14-2/h3,5-6H,1,4,7,13H2,2H3. The normalized spacial score (nSPS) is 9.80. The van der Waals surface area contributed by atoms with Gasteiger partial charge in [-0.3, -0.25) is 0 Å². The first-order valence-electron chi connectivity index (χ1n) is 4.53. The van der Waals surface area contributed by atoms with Gasteiger partial charge < -0.3 is 15.2 Å². The topological polar surface area (TPSA) is 44.5 Å². The van der Waals surface area contributed by atoms with Crippen LogP contribution in [-0.4, -0.2) is 13.7 Å². The summed E-state index contributed by atoms with van der Waals surface area (Å²) in [5.41, 5.74) is 6.55. The van der Waals surface area contributed by atoms with Crippen molar-refractivity contribution in [3.63, 3.8) is 0 Å². The predicted molar refractivity (Wildman–Crippen MR) is 64.3 cm³/mol. The molecule has 0 aliphatic heterocycles. The molecule has 4 heteroatoms. The Balaban J connectivity index is 3.06. The van der Waals surface area contributed by atoms with E-state index >= 15 is 0 Å². The highest BCUT2D eigenvalue weighted by atomic mass is 79.9. The van der Waals surface area contributed by atoms with Crippen LogP contribution < -0.4 is 15.2 Å². The van der Waals surface area contributed by atoms with Crippen LogP contribution in [0.2, 0.25) is 0 Å². The number of halogens is 1. The van der Waals surface area contributed by atoms with Gasteiger partial charge in [-0.2, -0.15) is 0 Å². The summed E-state index contributed by atoms with van der Waals surface area (Å²) >= 11 is 3.41. The fourth-order valence-corrected chi connectivity index (χ4v) is 1.78. The van der Waals surface area contributed by atoms with Gasteiger partial charge in [0.2, 0.25) is 0 Å². The molecule has 0 heterocycles. The van der Waals surface area contributed by atoms with Crippen molar-refractivity contribution in [1.29, 1.82) is 0 Å². The molecule has 0 fully saturated rings. The first-order valence-corrected chi connectivity index (χ1v) is 5.32. The van der Waals surface area contributed by atoms with E-state index < -0.39 is 0 Å². The molecule has 0 radical (unpaired) electrons. The summed E-state index contributed by atoms with van der Waals surface area (Å²) in [7, 11) is 1.60. The molecule has 3 nitrogen and oxygen atoms in total. The Kier molecular flexibility index (Phi) is 4.65. The minimum atomic E-state index is 0.441. The van der Waals surface area contributed by atoms with Gasteiger partial charge in [0, 0.05) is 6.54 Å². The maximum absolute atomic E-state index is 5.56. The summed E-state index contributed by atoms with van der Waals surface area (Å²) in [6, 6.07) is 3.78. The van der Waals surface area contributed by atoms with Crippen LogP contribution in [0.1, 0.15) is 5.56 Å². The lowest BCUT2D eigenvalue weighted by molar-refractivity contribution is 0.324. The van der Waals surface area contributed by atoms with Crippen LogP contribution >= 0.6 is 15.9 Å². The number of ether oxygens (including phenoxy) is 2. The number of rotatable bonds is 5. The van der Waals surface area contributed by atoms with Crippen LogP contribution in [0.15, 0.2) is 29.3 Å². The summed E-state index contributed by atoms with van der Waals surface area (Å²) in [5, 5.41) is 0. The van der Waals surface area contributed by atoms with E-state index in [0.717, 1.165) is 10.0 Å². The molecule has 1 aromatic rings. The average molecular weight is 272 g/mol. The first-order chi connectivity index (χ1) is 7.22. The van der Waals surface area contributed by atoms with Crippen LogP contribution in [0.25, 0.3) is 0 Å². The van der Waals surface area contributed by atoms with E-state index in [2.05, 4.69) is 22.5 Å². The fourth-order valence-electron chi connectivity index (χ4n) is 1.17. The number of nitrogens with two attached hydrogens (primary N) is 1. The number of methoxy groups -OCH3 is 1. The van der Waals surface area contributed by atoms with Crippen LogP contribution in [0.3, 0.4) is 0 Å². The Labute approximate surface area is 98.0 Å². The number of hydrogen-bond donors (Lipinski definition) is 1. The summed E-state index contributed by atoms with van der Waals surface area (Å²) in [4.78, 5) is 0. The Hall–Kier alpha value is -1.00. The maximum Gasteiger partial charge on any atom is 0.175 e. The molecule has 0 aliphatic carbocycles. The van der Waals surface area contributed by atoms with Gasteiger partial charge in [0.15, 0.2) is 11.5 Å². The van der Waals surface area contributed by atoms with Gasteiger partial charge in [0.25, 0.3) is 0 Å². The van der Waals surface area contributed by atoms with Gasteiger partial charge in [0.05, 0.1) is 11.6 Å². The van der Waals surface area contributed by atoms with Crippen molar-refractivity contribution in [3.8, 4) is 11.5 Å². The monoisotopic (exact) mass is 271 g/mol. The highest BCUT2D eigenvalue weighted by Gasteiger charge is 2.10. The zero-order chi connectivity index (χ0) is 11.3. The molecule has 0 saturated heterocycles. The molecule has 0 atom stereocenters. The third-order valence-electron chi connectivity index (χ3n) is 1.87. The molecule has 0 saturated carbocycles. The molecule has 0 bridgehead atoms. The van der Waals surface area contributed by atoms with Gasteiger partial charge in [-0.15, -0.1) is 0 Å². The summed E-state index contributed by atoms with van der Waals surface area (Å²) < 4.78 is 11.5. The molecule has 1 aromatic carbocycles. The SMILES string of the molecule is C=CCOc1c(Br)cc(CN)cc1OC. The van der Waals surface area contributed by atoms with Crippen molar-refractivity contribution in [2.24, 2.45) is 5.73 Å². The van der Waals surface area contributed by atoms with Crippen molar-refractivity contribution in [1.82, 2.24) is 0 Å². The predicted octanol–water partition coefficient (Wildman–Crippen LogP) is 2.48. The Bertz CT molecular complexity index is 353. The van der Waals surface area contributed by atoms with E-state index in [-0.39, 0.29) is 0 Å². The summed E-state index contributed by atoms with van der Waals surface area (Å²) in [5.74, 6) is 1.35. The van der Waals surface area contributed by atoms with Crippen molar-refractivity contribution in [3.05, 3.63) is 34.8 Å². The van der Waals surface area contributed by atoms with Crippen LogP contribution in [0, 0.1) is 0 Å². The number of benzene rings is 1. The molecule has 0 aromatic heterocycles. The molecule has 0 aliphatic rings. The summed E-state index contributed by atoms with van der Waals surface area (Å²) in [6.07, 6.45) is 1.68. The second-order valence-electron chi connectivity index (χ2n) is 2.91. The quantitative estimate of drug-likeness (QED) is 0.837. The zero-order valence-electron chi connectivity index (χ0n) is 8.63. The smallest absolute Gasteiger partial charge is 0.175 e. The van der Waals surface area contributed by atoms with Gasteiger partial charge in [-0.25, -0.2) is 0 Å². The van der Waals surface area contributed by atoms with Gasteiger partial charge in [-0.1, -0.05) is 12.7 Å². The second kappa shape index (κ2) is 5.78. The van der Waals surface area contributed by atoms with E-state index in [1.165, 1.54) is 0 Å². The van der Waals surface area contributed by atoms with Crippen LogP contribution in [0.4, 0.5) is 0 Å². The lowest BCUT2D eigenvalue weighted by atomic mass is 10.2. The van der Waals surface area contributed by atoms with E-state index in [1.807, 2.05) is 12.1 Å². The largest absolute Gasteiger partial charge is 0.493 e. The molecule has 1 rings (SSSR count). The van der Waals surface area contributed by atoms with Gasteiger partial charge in [-0.05, 0) is 33.6 Å². The molecular formula is C11H14BrNO2. The molecule has 82 valence electrons. The average Bonchev–Trinajstić information content (AvgIpc) is 2.26. The van der Waals surface area contributed by atoms with E-state index in [0.29, 0.717) is 24.7 Å². The van der Waals surface area contributed by atoms with Gasteiger partial charge >= 0.3 is 0 Å². The maximum atomic E-state index is 5.56. The van der Waals surface area contributed by atoms with E-state index in [4.69, 9.17) is 15.2 Å². The second-order valence-corrected chi connectivity index (χ2v) is 3.77. The van der Waals surface area contributed by atoms with E-state index in [9.17, 15) is 0 Å². The lowest BCUT2D eigenvalue weighted by Gasteiger charge is -2.12. The highest BCUT2D eigenvalue weighted by molar-refractivity contribution is 9.10. The van der Waals surface area contributed by atoms with Crippen molar-refractivity contribution >= 4 is 15.9 Å². The Morgan fingerprint density at radius 1 is 1.53 bits per heavy atom. The molecule has 0 unspecified atom stereocenters. The minimum absolute atomic E-state index is 0.441. The Morgan fingerprint density at radius 3 is 2.80 bits per heavy atom. The first kappa shape index (κ1) is 12.1. The van der Waals surface area contributed by atoms with Gasteiger partial charge in [0.1, 0.15) is 6.61 Å². The van der Waals surface area contributed by atoms with Crippen molar-refractivity contribution < 1.29 is 9.47 Å². The lowest BCUT2D eigenvalue weighted by Crippen LogP contribution is -2.01. The summed E-state index contributed by atoms with van der Waals surface area (Å²) in [6.45, 7) is 4.50. The van der Waals surface area contributed by atoms with Crippen LogP contribution in [0.5, 0.6) is 11.5 Å². The molecule has 0 amide bonds. The number of hydrogen-bond acceptors (Lipinski definition) is 3. The third kappa shape index (κ3) is 2.97. The highest BCUT2D eigenvalue weighted by Crippen LogP contribution is 2.36. The molecular weight excluding hydrogens is 258 g/mol. The molecule has 15 heavy (non-hydrogen) atoms. The molecule has 2 N–H and O–H groups in total. The van der Waals surface area contributed by atoms with Crippen molar-refractivity contribution in [2.45, 2.75) is 6.54 Å². The fraction of sp³-hybridized carbons (Fsp3) is 0.273. The third-order valence-corrected chi connectivity index (χ3v) is 2.46. The van der Waals surface area contributed by atoms with Crippen molar-refractivity contribution in [2.75, 3.05) is 13.7 Å². The van der Waals surface area contributed by atoms with E-state index in [1.54, 1.807) is 13.2 Å².